The van der Waals surface area contributed by atoms with E-state index >= 15 is 0 Å². The van der Waals surface area contributed by atoms with Gasteiger partial charge in [-0.1, -0.05) is 29.5 Å². The Morgan fingerprint density at radius 1 is 1.16 bits per heavy atom. The monoisotopic (exact) mass is 527 g/mol. The van der Waals surface area contributed by atoms with Crippen LogP contribution in [-0.2, 0) is 24.1 Å². The van der Waals surface area contributed by atoms with E-state index in [2.05, 4.69) is 10.3 Å². The lowest BCUT2D eigenvalue weighted by atomic mass is 10.0. The molecule has 1 saturated heterocycles. The van der Waals surface area contributed by atoms with Crippen LogP contribution in [0, 0.1) is 11.3 Å². The van der Waals surface area contributed by atoms with Gasteiger partial charge in [0.25, 0.3) is 5.91 Å². The summed E-state index contributed by atoms with van der Waals surface area (Å²) >= 11 is 5.56. The van der Waals surface area contributed by atoms with Crippen molar-refractivity contribution < 1.29 is 18.0 Å². The van der Waals surface area contributed by atoms with Crippen molar-refractivity contribution >= 4 is 28.9 Å². The first-order valence-corrected chi connectivity index (χ1v) is 11.8. The molecule has 1 aromatic heterocycles. The van der Waals surface area contributed by atoms with E-state index in [0.29, 0.717) is 18.8 Å². The number of aryl methyl sites for hydroxylation is 1. The van der Waals surface area contributed by atoms with E-state index in [-0.39, 0.29) is 17.3 Å². The van der Waals surface area contributed by atoms with E-state index in [4.69, 9.17) is 23.2 Å². The Balaban J connectivity index is 1.57. The van der Waals surface area contributed by atoms with Crippen molar-refractivity contribution in [1.29, 1.82) is 5.26 Å². The van der Waals surface area contributed by atoms with Crippen LogP contribution in [0.3, 0.4) is 0 Å². The van der Waals surface area contributed by atoms with Crippen molar-refractivity contribution in [2.24, 2.45) is 5.73 Å². The lowest BCUT2D eigenvalue weighted by molar-refractivity contribution is -0.137. The molecule has 0 aliphatic carbocycles. The molecule has 2 aromatic carbocycles. The smallest absolute Gasteiger partial charge is 0.330 e. The fourth-order valence-corrected chi connectivity index (χ4v) is 4.57. The van der Waals surface area contributed by atoms with Crippen molar-refractivity contribution in [3.8, 4) is 17.3 Å². The zero-order valence-electron chi connectivity index (χ0n) is 20.2. The predicted molar refractivity (Wildman–Crippen MR) is 135 cm³/mol. The van der Waals surface area contributed by atoms with Gasteiger partial charge in [-0.25, -0.2) is 0 Å². The largest absolute Gasteiger partial charge is 0.417 e. The number of nitrogens with zero attached hydrogens (tertiary/aromatic N) is 6. The van der Waals surface area contributed by atoms with Gasteiger partial charge in [0.1, 0.15) is 11.2 Å². The number of alkyl halides is 3. The fourth-order valence-electron chi connectivity index (χ4n) is 4.09. The number of carbonyl (C=O) groups is 1. The van der Waals surface area contributed by atoms with Crippen LogP contribution in [0.2, 0.25) is 0 Å². The number of benzene rings is 2. The highest BCUT2D eigenvalue weighted by molar-refractivity contribution is 7.80. The van der Waals surface area contributed by atoms with E-state index in [9.17, 15) is 18.0 Å². The van der Waals surface area contributed by atoms with Crippen LogP contribution in [0.15, 0.2) is 48.7 Å². The van der Waals surface area contributed by atoms with Crippen molar-refractivity contribution in [1.82, 2.24) is 19.9 Å². The first kappa shape index (κ1) is 26.2. The van der Waals surface area contributed by atoms with Gasteiger partial charge in [-0.05, 0) is 62.8 Å². The lowest BCUT2D eigenvalue weighted by Crippen LogP contribution is -2.43. The van der Waals surface area contributed by atoms with Crippen LogP contribution in [0.5, 0.6) is 0 Å². The second-order valence-corrected chi connectivity index (χ2v) is 9.48. The number of amides is 1. The van der Waals surface area contributed by atoms with Gasteiger partial charge in [0, 0.05) is 18.7 Å². The van der Waals surface area contributed by atoms with Crippen LogP contribution in [0.1, 0.15) is 37.0 Å². The molecule has 2 N–H and O–H groups in total. The summed E-state index contributed by atoms with van der Waals surface area (Å²) in [6, 6.07) is 12.2. The summed E-state index contributed by atoms with van der Waals surface area (Å²) < 4.78 is 42.3. The summed E-state index contributed by atoms with van der Waals surface area (Å²) in [5, 5.41) is 17.4. The third-order valence-corrected chi connectivity index (χ3v) is 6.63. The normalized spacial score (nSPS) is 15.4. The summed E-state index contributed by atoms with van der Waals surface area (Å²) in [6.45, 7) is 4.85. The first-order valence-electron chi connectivity index (χ1n) is 11.4. The van der Waals surface area contributed by atoms with Gasteiger partial charge in [-0.15, -0.1) is 5.10 Å². The maximum Gasteiger partial charge on any atom is 0.417 e. The maximum absolute atomic E-state index is 13.5. The van der Waals surface area contributed by atoms with Gasteiger partial charge in [0.2, 0.25) is 0 Å². The molecule has 0 atom stereocenters. The van der Waals surface area contributed by atoms with E-state index in [0.717, 1.165) is 34.6 Å². The number of carbonyl (C=O) groups excluding carboxylic acids is 1. The zero-order chi connectivity index (χ0) is 27.0. The van der Waals surface area contributed by atoms with Crippen molar-refractivity contribution in [2.75, 3.05) is 11.4 Å². The minimum atomic E-state index is -4.75. The van der Waals surface area contributed by atoms with Crippen LogP contribution >= 0.6 is 12.2 Å². The van der Waals surface area contributed by atoms with Crippen molar-refractivity contribution in [3.05, 3.63) is 65.4 Å². The summed E-state index contributed by atoms with van der Waals surface area (Å²) in [4.78, 5) is 16.1. The van der Waals surface area contributed by atoms with Crippen molar-refractivity contribution in [2.45, 2.75) is 45.1 Å². The highest BCUT2D eigenvalue weighted by Crippen LogP contribution is 2.38. The molecule has 192 valence electrons. The molecule has 37 heavy (non-hydrogen) atoms. The molecule has 2 heterocycles. The van der Waals surface area contributed by atoms with Crippen LogP contribution in [-0.4, -0.2) is 43.0 Å². The molecular weight excluding hydrogens is 503 g/mol. The summed E-state index contributed by atoms with van der Waals surface area (Å²) in [7, 11) is 0. The number of anilines is 1. The third-order valence-electron chi connectivity index (χ3n) is 6.23. The summed E-state index contributed by atoms with van der Waals surface area (Å²) in [5.74, 6) is -0.457. The number of thiocarbonyl (C=S) groups is 1. The van der Waals surface area contributed by atoms with E-state index in [1.807, 2.05) is 30.5 Å². The minimum absolute atomic E-state index is 0.0371. The van der Waals surface area contributed by atoms with Gasteiger partial charge in [-0.2, -0.15) is 18.4 Å². The standard InChI is InChI=1S/C25H24F3N7OS/c1-24(2)22(36)35(19-9-8-18(13-30)20(12-19)25(26,27)28)23(37)34(24)14-16-4-6-17(7-5-16)21-15-33(32-31-21)11-3-10-29/h4-9,12,15H,3,10-11,14,29H2,1-2H3. The van der Waals surface area contributed by atoms with E-state index in [1.165, 1.54) is 6.07 Å². The van der Waals surface area contributed by atoms with E-state index < -0.39 is 28.7 Å². The van der Waals surface area contributed by atoms with Gasteiger partial charge in [0.15, 0.2) is 5.11 Å². The first-order chi connectivity index (χ1) is 17.5. The third kappa shape index (κ3) is 5.05. The molecule has 0 spiro atoms. The second-order valence-electron chi connectivity index (χ2n) is 9.11. The molecule has 4 rings (SSSR count). The molecule has 1 aliphatic heterocycles. The Morgan fingerprint density at radius 2 is 1.86 bits per heavy atom. The van der Waals surface area contributed by atoms with E-state index in [1.54, 1.807) is 29.5 Å². The molecule has 3 aromatic rings. The number of hydrogen-bond acceptors (Lipinski definition) is 6. The number of rotatable bonds is 7. The second kappa shape index (κ2) is 9.91. The average Bonchev–Trinajstić information content (AvgIpc) is 3.40. The van der Waals surface area contributed by atoms with Crippen LogP contribution < -0.4 is 10.6 Å². The molecule has 0 bridgehead atoms. The molecule has 0 unspecified atom stereocenters. The number of nitriles is 1. The quantitative estimate of drug-likeness (QED) is 0.462. The minimum Gasteiger partial charge on any atom is -0.330 e. The zero-order valence-corrected chi connectivity index (χ0v) is 21.0. The number of hydrogen-bond donors (Lipinski definition) is 1. The predicted octanol–water partition coefficient (Wildman–Crippen LogP) is 4.10. The number of aromatic nitrogens is 3. The Labute approximate surface area is 217 Å². The Bertz CT molecular complexity index is 1380. The molecule has 12 heteroatoms. The Kier molecular flexibility index (Phi) is 7.03. The van der Waals surface area contributed by atoms with Gasteiger partial charge < -0.3 is 10.6 Å². The highest BCUT2D eigenvalue weighted by atomic mass is 32.1. The number of nitrogens with two attached hydrogens (primary N) is 1. The lowest BCUT2D eigenvalue weighted by Gasteiger charge is -2.29. The molecule has 1 fully saturated rings. The van der Waals surface area contributed by atoms with Crippen LogP contribution in [0.4, 0.5) is 18.9 Å². The molecule has 0 saturated carbocycles. The number of halogens is 3. The van der Waals surface area contributed by atoms with Crippen molar-refractivity contribution in [3.63, 3.8) is 0 Å². The van der Waals surface area contributed by atoms with Gasteiger partial charge in [0.05, 0.1) is 29.1 Å². The molecule has 8 nitrogen and oxygen atoms in total. The van der Waals surface area contributed by atoms with Crippen LogP contribution in [0.25, 0.3) is 11.3 Å². The molecule has 0 radical (unpaired) electrons. The fraction of sp³-hybridized carbons (Fsp3) is 0.320. The summed E-state index contributed by atoms with van der Waals surface area (Å²) in [6.07, 6.45) is -2.12. The van der Waals surface area contributed by atoms with Gasteiger partial charge in [-0.3, -0.25) is 14.4 Å². The Morgan fingerprint density at radius 3 is 2.49 bits per heavy atom. The molecule has 1 amide bonds. The summed E-state index contributed by atoms with van der Waals surface area (Å²) in [5.41, 5.74) is 5.18. The highest BCUT2D eigenvalue weighted by Gasteiger charge is 2.49. The van der Waals surface area contributed by atoms with Gasteiger partial charge >= 0.3 is 6.18 Å². The SMILES string of the molecule is CC1(C)C(=O)N(c2ccc(C#N)c(C(F)(F)F)c2)C(=S)N1Cc1ccc(-c2cn(CCCN)nn2)cc1. The topological polar surface area (TPSA) is 104 Å². The molecular formula is C25H24F3N7OS. The average molecular weight is 528 g/mol. The molecule has 1 aliphatic rings. The maximum atomic E-state index is 13.5. The Hall–Kier alpha value is -3.82.